The maximum Gasteiger partial charge on any atom is 0.168 e. The summed E-state index contributed by atoms with van der Waals surface area (Å²) in [6.45, 7) is 6.93. The quantitative estimate of drug-likeness (QED) is 0.422. The molecule has 3 heteroatoms. The average Bonchev–Trinajstić information content (AvgIpc) is 2.32. The van der Waals surface area contributed by atoms with Crippen LogP contribution in [0.15, 0.2) is 12.7 Å². The van der Waals surface area contributed by atoms with Crippen molar-refractivity contribution in [1.82, 2.24) is 10.2 Å². The van der Waals surface area contributed by atoms with Crippen molar-refractivity contribution < 1.29 is 0 Å². The van der Waals surface area contributed by atoms with Crippen LogP contribution in [0.5, 0.6) is 0 Å². The minimum Gasteiger partial charge on any atom is -0.363 e. The second-order valence-corrected chi connectivity index (χ2v) is 3.74. The minimum atomic E-state index is 0.932. The first-order chi connectivity index (χ1) is 6.34. The number of hydrogen-bond acceptors (Lipinski definition) is 1. The zero-order valence-corrected chi connectivity index (χ0v) is 8.91. The Morgan fingerprint density at radius 2 is 2.38 bits per heavy atom. The highest BCUT2D eigenvalue weighted by Crippen LogP contribution is 2.03. The molecule has 0 aliphatic carbocycles. The van der Waals surface area contributed by atoms with Gasteiger partial charge in [-0.05, 0) is 37.9 Å². The molecule has 13 heavy (non-hydrogen) atoms. The van der Waals surface area contributed by atoms with Crippen molar-refractivity contribution >= 4 is 17.3 Å². The highest BCUT2D eigenvalue weighted by atomic mass is 32.1. The fourth-order valence-corrected chi connectivity index (χ4v) is 1.76. The molecular weight excluding hydrogens is 180 g/mol. The topological polar surface area (TPSA) is 15.3 Å². The summed E-state index contributed by atoms with van der Waals surface area (Å²) in [5.41, 5.74) is 0. The molecule has 2 nitrogen and oxygen atoms in total. The SMILES string of the molecule is C=CCCCN1CCCCNC1=S. The van der Waals surface area contributed by atoms with Gasteiger partial charge in [-0.2, -0.15) is 0 Å². The summed E-state index contributed by atoms with van der Waals surface area (Å²) in [7, 11) is 0. The predicted octanol–water partition coefficient (Wildman–Crippen LogP) is 1.92. The van der Waals surface area contributed by atoms with Crippen LogP contribution in [0.1, 0.15) is 25.7 Å². The summed E-state index contributed by atoms with van der Waals surface area (Å²) in [5.74, 6) is 0. The molecule has 1 rings (SSSR count). The second kappa shape index (κ2) is 5.97. The first-order valence-electron chi connectivity index (χ1n) is 4.98. The van der Waals surface area contributed by atoms with E-state index in [-0.39, 0.29) is 0 Å². The lowest BCUT2D eigenvalue weighted by molar-refractivity contribution is 0.412. The third-order valence-electron chi connectivity index (χ3n) is 2.25. The van der Waals surface area contributed by atoms with Crippen LogP contribution in [0.25, 0.3) is 0 Å². The first-order valence-corrected chi connectivity index (χ1v) is 5.39. The van der Waals surface area contributed by atoms with Crippen LogP contribution < -0.4 is 5.32 Å². The molecule has 1 aliphatic rings. The van der Waals surface area contributed by atoms with Gasteiger partial charge in [-0.3, -0.25) is 0 Å². The van der Waals surface area contributed by atoms with Crippen LogP contribution in [0.4, 0.5) is 0 Å². The van der Waals surface area contributed by atoms with Crippen molar-refractivity contribution in [2.75, 3.05) is 19.6 Å². The lowest BCUT2D eigenvalue weighted by Crippen LogP contribution is -2.38. The second-order valence-electron chi connectivity index (χ2n) is 3.36. The van der Waals surface area contributed by atoms with Gasteiger partial charge in [-0.15, -0.1) is 6.58 Å². The molecule has 0 aromatic carbocycles. The van der Waals surface area contributed by atoms with Gasteiger partial charge in [-0.25, -0.2) is 0 Å². The number of hydrogen-bond donors (Lipinski definition) is 1. The maximum absolute atomic E-state index is 5.25. The number of unbranched alkanes of at least 4 members (excludes halogenated alkanes) is 1. The van der Waals surface area contributed by atoms with Gasteiger partial charge in [-0.1, -0.05) is 6.08 Å². The van der Waals surface area contributed by atoms with Gasteiger partial charge >= 0.3 is 0 Å². The van der Waals surface area contributed by atoms with Crippen LogP contribution >= 0.6 is 12.2 Å². The molecule has 74 valence electrons. The van der Waals surface area contributed by atoms with Crippen molar-refractivity contribution in [2.45, 2.75) is 25.7 Å². The molecular formula is C10H18N2S. The highest BCUT2D eigenvalue weighted by molar-refractivity contribution is 7.80. The first kappa shape index (κ1) is 10.5. The molecule has 1 aliphatic heterocycles. The average molecular weight is 198 g/mol. The summed E-state index contributed by atoms with van der Waals surface area (Å²) in [4.78, 5) is 2.27. The van der Waals surface area contributed by atoms with E-state index < -0.39 is 0 Å². The van der Waals surface area contributed by atoms with Gasteiger partial charge in [0.2, 0.25) is 0 Å². The molecule has 1 saturated heterocycles. The minimum absolute atomic E-state index is 0.932. The Morgan fingerprint density at radius 1 is 1.54 bits per heavy atom. The molecule has 0 spiro atoms. The molecule has 0 aromatic heterocycles. The van der Waals surface area contributed by atoms with E-state index in [1.807, 2.05) is 6.08 Å². The lowest BCUT2D eigenvalue weighted by atomic mass is 10.2. The van der Waals surface area contributed by atoms with Gasteiger partial charge in [0.15, 0.2) is 5.11 Å². The lowest BCUT2D eigenvalue weighted by Gasteiger charge is -2.22. The predicted molar refractivity (Wildman–Crippen MR) is 60.8 cm³/mol. The molecule has 1 fully saturated rings. The van der Waals surface area contributed by atoms with Crippen molar-refractivity contribution in [3.05, 3.63) is 12.7 Å². The summed E-state index contributed by atoms with van der Waals surface area (Å²) < 4.78 is 0. The Hall–Kier alpha value is -0.570. The molecule has 0 amide bonds. The number of thiocarbonyl (C=S) groups is 1. The van der Waals surface area contributed by atoms with Gasteiger partial charge in [0.05, 0.1) is 0 Å². The van der Waals surface area contributed by atoms with E-state index in [1.165, 1.54) is 12.8 Å². The summed E-state index contributed by atoms with van der Waals surface area (Å²) in [6, 6.07) is 0. The van der Waals surface area contributed by atoms with E-state index in [0.29, 0.717) is 0 Å². The van der Waals surface area contributed by atoms with Gasteiger partial charge in [0, 0.05) is 19.6 Å². The van der Waals surface area contributed by atoms with Crippen LogP contribution in [0.3, 0.4) is 0 Å². The number of rotatable bonds is 4. The molecule has 0 saturated carbocycles. The highest BCUT2D eigenvalue weighted by Gasteiger charge is 2.10. The van der Waals surface area contributed by atoms with Gasteiger partial charge in [0.25, 0.3) is 0 Å². The van der Waals surface area contributed by atoms with E-state index in [2.05, 4.69) is 16.8 Å². The van der Waals surface area contributed by atoms with Crippen LogP contribution in [-0.2, 0) is 0 Å². The standard InChI is InChI=1S/C10H18N2S/c1-2-3-5-8-12-9-6-4-7-11-10(12)13/h2H,1,3-9H2,(H,11,13). The van der Waals surface area contributed by atoms with E-state index in [1.54, 1.807) is 0 Å². The van der Waals surface area contributed by atoms with Crippen molar-refractivity contribution in [3.8, 4) is 0 Å². The fourth-order valence-electron chi connectivity index (χ4n) is 1.48. The van der Waals surface area contributed by atoms with Crippen LogP contribution in [0.2, 0.25) is 0 Å². The third-order valence-corrected chi connectivity index (χ3v) is 2.66. The molecule has 0 atom stereocenters. The Bertz CT molecular complexity index is 180. The molecule has 1 N–H and O–H groups in total. The maximum atomic E-state index is 5.25. The number of allylic oxidation sites excluding steroid dienone is 1. The van der Waals surface area contributed by atoms with Crippen molar-refractivity contribution in [1.29, 1.82) is 0 Å². The molecule has 0 bridgehead atoms. The Morgan fingerprint density at radius 3 is 3.15 bits per heavy atom. The Labute approximate surface area is 86.0 Å². The summed E-state index contributed by atoms with van der Waals surface area (Å²) >= 11 is 5.25. The van der Waals surface area contributed by atoms with E-state index in [4.69, 9.17) is 12.2 Å². The van der Waals surface area contributed by atoms with Gasteiger partial charge < -0.3 is 10.2 Å². The summed E-state index contributed by atoms with van der Waals surface area (Å²) in [5, 5.41) is 4.19. The van der Waals surface area contributed by atoms with Crippen LogP contribution in [0, 0.1) is 0 Å². The molecule has 0 radical (unpaired) electrons. The normalized spacial score (nSPS) is 17.8. The number of nitrogens with zero attached hydrogens (tertiary/aromatic N) is 1. The van der Waals surface area contributed by atoms with Crippen molar-refractivity contribution in [2.24, 2.45) is 0 Å². The molecule has 0 aromatic rings. The molecule has 0 unspecified atom stereocenters. The van der Waals surface area contributed by atoms with Crippen LogP contribution in [-0.4, -0.2) is 29.6 Å². The fraction of sp³-hybridized carbons (Fsp3) is 0.700. The summed E-state index contributed by atoms with van der Waals surface area (Å²) in [6.07, 6.45) is 6.69. The zero-order valence-electron chi connectivity index (χ0n) is 8.09. The van der Waals surface area contributed by atoms with E-state index >= 15 is 0 Å². The largest absolute Gasteiger partial charge is 0.363 e. The molecule has 1 heterocycles. The van der Waals surface area contributed by atoms with E-state index in [0.717, 1.165) is 37.6 Å². The zero-order chi connectivity index (χ0) is 9.52. The number of nitrogens with one attached hydrogen (secondary N) is 1. The van der Waals surface area contributed by atoms with Crippen molar-refractivity contribution in [3.63, 3.8) is 0 Å². The Kier molecular flexibility index (Phi) is 4.83. The smallest absolute Gasteiger partial charge is 0.168 e. The third kappa shape index (κ3) is 3.77. The Balaban J connectivity index is 2.27. The van der Waals surface area contributed by atoms with E-state index in [9.17, 15) is 0 Å². The monoisotopic (exact) mass is 198 g/mol. The van der Waals surface area contributed by atoms with Gasteiger partial charge in [0.1, 0.15) is 0 Å².